The molecular formula is C14H13BrN2O3. The number of hydrogen-bond donors (Lipinski definition) is 0. The highest BCUT2D eigenvalue weighted by Crippen LogP contribution is 2.38. The number of carbonyl (C=O) groups is 1. The van der Waals surface area contributed by atoms with Crippen molar-refractivity contribution in [2.45, 2.75) is 32.3 Å². The van der Waals surface area contributed by atoms with Crippen LogP contribution in [0.1, 0.15) is 46.4 Å². The summed E-state index contributed by atoms with van der Waals surface area (Å²) < 4.78 is 11.7. The Hall–Kier alpha value is -1.69. The van der Waals surface area contributed by atoms with Crippen LogP contribution in [0.15, 0.2) is 21.1 Å². The van der Waals surface area contributed by atoms with Crippen LogP contribution < -0.4 is 4.74 Å². The summed E-state index contributed by atoms with van der Waals surface area (Å²) >= 11 is 3.35. The Kier molecular flexibility index (Phi) is 3.56. The molecule has 1 aromatic carbocycles. The minimum absolute atomic E-state index is 0.170. The van der Waals surface area contributed by atoms with Crippen molar-refractivity contribution in [1.29, 1.82) is 0 Å². The van der Waals surface area contributed by atoms with Crippen LogP contribution in [-0.2, 0) is 6.61 Å². The fourth-order valence-electron chi connectivity index (χ4n) is 2.01. The third-order valence-electron chi connectivity index (χ3n) is 3.16. The van der Waals surface area contributed by atoms with Crippen molar-refractivity contribution in [3.8, 4) is 5.75 Å². The van der Waals surface area contributed by atoms with Gasteiger partial charge in [-0.3, -0.25) is 4.79 Å². The van der Waals surface area contributed by atoms with E-state index in [2.05, 4.69) is 26.1 Å². The van der Waals surface area contributed by atoms with Gasteiger partial charge in [0.1, 0.15) is 5.75 Å². The first kappa shape index (κ1) is 13.3. The zero-order valence-corrected chi connectivity index (χ0v) is 12.5. The maximum absolute atomic E-state index is 11.1. The first-order valence-corrected chi connectivity index (χ1v) is 7.17. The fraction of sp³-hybridized carbons (Fsp3) is 0.357. The summed E-state index contributed by atoms with van der Waals surface area (Å²) in [6.45, 7) is 2.06. The zero-order valence-electron chi connectivity index (χ0n) is 10.9. The molecule has 6 heteroatoms. The SMILES string of the molecule is Cc1cc(Br)cc(C=O)c1OCc1nc(C2CC2)no1. The second-order valence-electron chi connectivity index (χ2n) is 4.87. The van der Waals surface area contributed by atoms with Crippen LogP contribution in [0, 0.1) is 6.92 Å². The van der Waals surface area contributed by atoms with Crippen LogP contribution in [0.4, 0.5) is 0 Å². The van der Waals surface area contributed by atoms with Gasteiger partial charge in [-0.25, -0.2) is 0 Å². The van der Waals surface area contributed by atoms with E-state index in [0.29, 0.717) is 23.1 Å². The monoisotopic (exact) mass is 336 g/mol. The van der Waals surface area contributed by atoms with Crippen LogP contribution in [0.2, 0.25) is 0 Å². The molecule has 1 aliphatic rings. The average Bonchev–Trinajstić information content (AvgIpc) is 3.16. The van der Waals surface area contributed by atoms with Crippen LogP contribution in [-0.4, -0.2) is 16.4 Å². The van der Waals surface area contributed by atoms with Gasteiger partial charge in [-0.15, -0.1) is 0 Å². The Morgan fingerprint density at radius 3 is 3.00 bits per heavy atom. The number of ether oxygens (including phenoxy) is 1. The molecule has 2 aromatic rings. The number of rotatable bonds is 5. The lowest BCUT2D eigenvalue weighted by Crippen LogP contribution is -2.01. The number of aromatic nitrogens is 2. The van der Waals surface area contributed by atoms with E-state index in [1.165, 1.54) is 0 Å². The van der Waals surface area contributed by atoms with Gasteiger partial charge >= 0.3 is 0 Å². The number of benzene rings is 1. The standard InChI is InChI=1S/C14H13BrN2O3/c1-8-4-11(15)5-10(6-18)13(8)19-7-12-16-14(17-20-12)9-2-3-9/h4-6,9H,2-3,7H2,1H3. The molecule has 0 saturated heterocycles. The van der Waals surface area contributed by atoms with Crippen LogP contribution in [0.25, 0.3) is 0 Å². The predicted molar refractivity (Wildman–Crippen MR) is 74.9 cm³/mol. The number of carbonyl (C=O) groups excluding carboxylic acids is 1. The molecule has 0 bridgehead atoms. The number of aldehydes is 1. The van der Waals surface area contributed by atoms with Crippen LogP contribution in [0.3, 0.4) is 0 Å². The number of aryl methyl sites for hydroxylation is 1. The van der Waals surface area contributed by atoms with Gasteiger partial charge in [-0.1, -0.05) is 21.1 Å². The van der Waals surface area contributed by atoms with E-state index >= 15 is 0 Å². The Labute approximate surface area is 124 Å². The largest absolute Gasteiger partial charge is 0.483 e. The predicted octanol–water partition coefficient (Wildman–Crippen LogP) is 3.41. The summed E-state index contributed by atoms with van der Waals surface area (Å²) in [5.41, 5.74) is 1.38. The van der Waals surface area contributed by atoms with E-state index in [1.807, 2.05) is 13.0 Å². The number of hydrogen-bond acceptors (Lipinski definition) is 5. The zero-order chi connectivity index (χ0) is 14.1. The van der Waals surface area contributed by atoms with E-state index in [0.717, 1.165) is 35.0 Å². The van der Waals surface area contributed by atoms with Gasteiger partial charge in [0.25, 0.3) is 5.89 Å². The minimum atomic E-state index is 0.170. The molecule has 0 radical (unpaired) electrons. The molecule has 0 aliphatic heterocycles. The van der Waals surface area contributed by atoms with Crippen molar-refractivity contribution in [3.63, 3.8) is 0 Å². The van der Waals surface area contributed by atoms with Crippen LogP contribution in [0.5, 0.6) is 5.75 Å². The Bertz CT molecular complexity index is 650. The topological polar surface area (TPSA) is 65.2 Å². The van der Waals surface area contributed by atoms with E-state index in [1.54, 1.807) is 6.07 Å². The second-order valence-corrected chi connectivity index (χ2v) is 5.78. The van der Waals surface area contributed by atoms with Gasteiger partial charge in [0.2, 0.25) is 0 Å². The molecule has 0 unspecified atom stereocenters. The maximum Gasteiger partial charge on any atom is 0.264 e. The molecule has 0 atom stereocenters. The van der Waals surface area contributed by atoms with Gasteiger partial charge in [0, 0.05) is 10.4 Å². The Morgan fingerprint density at radius 1 is 1.50 bits per heavy atom. The Balaban J connectivity index is 1.75. The average molecular weight is 337 g/mol. The first-order valence-electron chi connectivity index (χ1n) is 6.38. The lowest BCUT2D eigenvalue weighted by atomic mass is 10.1. The summed E-state index contributed by atoms with van der Waals surface area (Å²) in [6, 6.07) is 3.62. The third-order valence-corrected chi connectivity index (χ3v) is 3.62. The molecule has 1 saturated carbocycles. The van der Waals surface area contributed by atoms with Gasteiger partial charge < -0.3 is 9.26 Å². The van der Waals surface area contributed by atoms with E-state index in [4.69, 9.17) is 9.26 Å². The fourth-order valence-corrected chi connectivity index (χ4v) is 2.60. The van der Waals surface area contributed by atoms with Gasteiger partial charge in [-0.05, 0) is 37.5 Å². The number of nitrogens with zero attached hydrogens (tertiary/aromatic N) is 2. The van der Waals surface area contributed by atoms with Crippen molar-refractivity contribution < 1.29 is 14.1 Å². The summed E-state index contributed by atoms with van der Waals surface area (Å²) in [7, 11) is 0. The van der Waals surface area contributed by atoms with Crippen molar-refractivity contribution >= 4 is 22.2 Å². The smallest absolute Gasteiger partial charge is 0.264 e. The molecule has 5 nitrogen and oxygen atoms in total. The lowest BCUT2D eigenvalue weighted by molar-refractivity contribution is 0.111. The molecule has 1 fully saturated rings. The lowest BCUT2D eigenvalue weighted by Gasteiger charge is -2.10. The van der Waals surface area contributed by atoms with Crippen molar-refractivity contribution in [3.05, 3.63) is 39.4 Å². The van der Waals surface area contributed by atoms with Crippen molar-refractivity contribution in [1.82, 2.24) is 10.1 Å². The van der Waals surface area contributed by atoms with Gasteiger partial charge in [-0.2, -0.15) is 4.98 Å². The molecule has 20 heavy (non-hydrogen) atoms. The van der Waals surface area contributed by atoms with Gasteiger partial charge in [0.15, 0.2) is 18.7 Å². The highest BCUT2D eigenvalue weighted by Gasteiger charge is 2.28. The quantitative estimate of drug-likeness (QED) is 0.783. The molecule has 1 aliphatic carbocycles. The molecule has 0 spiro atoms. The van der Waals surface area contributed by atoms with E-state index in [-0.39, 0.29) is 6.61 Å². The molecule has 3 rings (SSSR count). The third kappa shape index (κ3) is 2.75. The molecular weight excluding hydrogens is 324 g/mol. The summed E-state index contributed by atoms with van der Waals surface area (Å²) in [5.74, 6) is 2.19. The van der Waals surface area contributed by atoms with Crippen molar-refractivity contribution in [2.24, 2.45) is 0 Å². The highest BCUT2D eigenvalue weighted by atomic mass is 79.9. The van der Waals surface area contributed by atoms with Gasteiger partial charge in [0.05, 0.1) is 5.56 Å². The molecule has 1 aromatic heterocycles. The first-order chi connectivity index (χ1) is 9.67. The van der Waals surface area contributed by atoms with Crippen LogP contribution >= 0.6 is 15.9 Å². The highest BCUT2D eigenvalue weighted by molar-refractivity contribution is 9.10. The molecule has 1 heterocycles. The number of halogens is 1. The molecule has 0 N–H and O–H groups in total. The second kappa shape index (κ2) is 5.36. The maximum atomic E-state index is 11.1. The minimum Gasteiger partial charge on any atom is -0.483 e. The normalized spacial score (nSPS) is 14.3. The van der Waals surface area contributed by atoms with E-state index in [9.17, 15) is 4.79 Å². The van der Waals surface area contributed by atoms with E-state index < -0.39 is 0 Å². The summed E-state index contributed by atoms with van der Waals surface area (Å²) in [4.78, 5) is 15.4. The summed E-state index contributed by atoms with van der Waals surface area (Å²) in [6.07, 6.45) is 3.03. The molecule has 0 amide bonds. The summed E-state index contributed by atoms with van der Waals surface area (Å²) in [5, 5.41) is 3.93. The van der Waals surface area contributed by atoms with Crippen molar-refractivity contribution in [2.75, 3.05) is 0 Å². The molecule has 104 valence electrons. The Morgan fingerprint density at radius 2 is 2.30 bits per heavy atom.